The van der Waals surface area contributed by atoms with Gasteiger partial charge >= 0.3 is 0 Å². The van der Waals surface area contributed by atoms with Crippen molar-refractivity contribution in [3.05, 3.63) is 24.1 Å². The second kappa shape index (κ2) is 1.95. The number of phenolic OH excluding ortho intramolecular Hbond substituents is 1. The van der Waals surface area contributed by atoms with Gasteiger partial charge in [0.15, 0.2) is 11.6 Å². The molecule has 2 aromatic rings. The second-order valence-electron chi connectivity index (χ2n) is 2.23. The largest absolute Gasteiger partial charge is 0.503 e. The Bertz CT molecular complexity index is 396. The Balaban J connectivity index is 2.93. The van der Waals surface area contributed by atoms with Crippen LogP contribution in [-0.4, -0.2) is 15.3 Å². The first-order chi connectivity index (χ1) is 5.29. The molecule has 1 aromatic heterocycles. The van der Waals surface area contributed by atoms with E-state index in [4.69, 9.17) is 5.11 Å². The smallest absolute Gasteiger partial charge is 0.177 e. The van der Waals surface area contributed by atoms with Gasteiger partial charge in [-0.2, -0.15) is 5.10 Å². The Morgan fingerprint density at radius 3 is 3.09 bits per heavy atom. The molecule has 1 aromatic carbocycles. The summed E-state index contributed by atoms with van der Waals surface area (Å²) in [6.07, 6.45) is 1.52. The van der Waals surface area contributed by atoms with E-state index in [0.29, 0.717) is 10.9 Å². The summed E-state index contributed by atoms with van der Waals surface area (Å²) in [6, 6.07) is 2.75. The molecule has 0 aliphatic rings. The first-order valence-electron chi connectivity index (χ1n) is 3.09. The number of phenols is 1. The van der Waals surface area contributed by atoms with Crippen LogP contribution in [0.15, 0.2) is 18.3 Å². The SMILES string of the molecule is Oc1c(F)ccc2cn[nH]c12. The normalized spacial score (nSPS) is 10.6. The van der Waals surface area contributed by atoms with E-state index >= 15 is 0 Å². The Hall–Kier alpha value is -1.58. The Morgan fingerprint density at radius 2 is 2.27 bits per heavy atom. The molecule has 4 heteroatoms. The molecule has 0 amide bonds. The number of halogens is 1. The third-order valence-corrected chi connectivity index (χ3v) is 1.54. The molecular weight excluding hydrogens is 147 g/mol. The number of hydrogen-bond acceptors (Lipinski definition) is 2. The van der Waals surface area contributed by atoms with Gasteiger partial charge in [0.05, 0.1) is 6.20 Å². The zero-order chi connectivity index (χ0) is 7.84. The lowest BCUT2D eigenvalue weighted by Gasteiger charge is -1.93. The van der Waals surface area contributed by atoms with Gasteiger partial charge in [0, 0.05) is 5.39 Å². The van der Waals surface area contributed by atoms with Gasteiger partial charge in [0.1, 0.15) is 5.52 Å². The van der Waals surface area contributed by atoms with Crippen molar-refractivity contribution in [3.63, 3.8) is 0 Å². The van der Waals surface area contributed by atoms with Crippen LogP contribution in [0.4, 0.5) is 4.39 Å². The molecule has 0 atom stereocenters. The van der Waals surface area contributed by atoms with Gasteiger partial charge in [0.2, 0.25) is 0 Å². The van der Waals surface area contributed by atoms with Crippen LogP contribution in [0.25, 0.3) is 10.9 Å². The van der Waals surface area contributed by atoms with Gasteiger partial charge in [-0.25, -0.2) is 4.39 Å². The Morgan fingerprint density at radius 1 is 1.45 bits per heavy atom. The van der Waals surface area contributed by atoms with Gasteiger partial charge in [0.25, 0.3) is 0 Å². The fourth-order valence-corrected chi connectivity index (χ4v) is 0.973. The summed E-state index contributed by atoms with van der Waals surface area (Å²) in [5.41, 5.74) is 0.338. The number of aromatic nitrogens is 2. The van der Waals surface area contributed by atoms with E-state index in [0.717, 1.165) is 0 Å². The molecule has 2 N–H and O–H groups in total. The van der Waals surface area contributed by atoms with Crippen LogP contribution in [0.2, 0.25) is 0 Å². The van der Waals surface area contributed by atoms with Crippen LogP contribution in [-0.2, 0) is 0 Å². The fourth-order valence-electron chi connectivity index (χ4n) is 0.973. The Labute approximate surface area is 61.5 Å². The predicted molar refractivity (Wildman–Crippen MR) is 37.7 cm³/mol. The topological polar surface area (TPSA) is 48.9 Å². The average molecular weight is 152 g/mol. The highest BCUT2D eigenvalue weighted by Crippen LogP contribution is 2.24. The van der Waals surface area contributed by atoms with Crippen LogP contribution in [0.3, 0.4) is 0 Å². The highest BCUT2D eigenvalue weighted by molar-refractivity contribution is 5.83. The molecule has 3 nitrogen and oxygen atoms in total. The number of benzene rings is 1. The van der Waals surface area contributed by atoms with E-state index in [2.05, 4.69) is 10.2 Å². The summed E-state index contributed by atoms with van der Waals surface area (Å²) in [5, 5.41) is 15.9. The molecule has 0 aliphatic heterocycles. The summed E-state index contributed by atoms with van der Waals surface area (Å²) in [5.74, 6) is -1.01. The maximum absolute atomic E-state index is 12.6. The van der Waals surface area contributed by atoms with E-state index in [9.17, 15) is 4.39 Å². The molecule has 0 unspecified atom stereocenters. The standard InChI is InChI=1S/C7H5FN2O/c8-5-2-1-4-3-9-10-6(4)7(5)11/h1-3,11H,(H,9,10). The lowest BCUT2D eigenvalue weighted by molar-refractivity contribution is 0.437. The second-order valence-corrected chi connectivity index (χ2v) is 2.23. The molecule has 1 heterocycles. The van der Waals surface area contributed by atoms with Crippen LogP contribution in [0.5, 0.6) is 5.75 Å². The zero-order valence-electron chi connectivity index (χ0n) is 5.50. The maximum atomic E-state index is 12.6. The van der Waals surface area contributed by atoms with Crippen LogP contribution < -0.4 is 0 Å². The summed E-state index contributed by atoms with van der Waals surface area (Å²) >= 11 is 0. The molecule has 56 valence electrons. The molecule has 0 fully saturated rings. The van der Waals surface area contributed by atoms with E-state index in [1.165, 1.54) is 12.3 Å². The molecule has 0 saturated heterocycles. The van der Waals surface area contributed by atoms with Crippen LogP contribution in [0.1, 0.15) is 0 Å². The molecule has 0 aliphatic carbocycles. The lowest BCUT2D eigenvalue weighted by Crippen LogP contribution is -1.76. The summed E-state index contributed by atoms with van der Waals surface area (Å²) < 4.78 is 12.6. The number of hydrogen-bond donors (Lipinski definition) is 2. The van der Waals surface area contributed by atoms with E-state index in [1.54, 1.807) is 6.07 Å². The zero-order valence-corrected chi connectivity index (χ0v) is 5.50. The van der Waals surface area contributed by atoms with Crippen molar-refractivity contribution in [2.24, 2.45) is 0 Å². The quantitative estimate of drug-likeness (QED) is 0.599. The van der Waals surface area contributed by atoms with E-state index < -0.39 is 5.82 Å². The van der Waals surface area contributed by atoms with Crippen molar-refractivity contribution in [3.8, 4) is 5.75 Å². The number of aromatic hydroxyl groups is 1. The number of aromatic amines is 1. The van der Waals surface area contributed by atoms with E-state index in [1.807, 2.05) is 0 Å². The molecular formula is C7H5FN2O. The minimum atomic E-state index is -0.637. The maximum Gasteiger partial charge on any atom is 0.177 e. The molecule has 0 saturated carbocycles. The number of H-pyrrole nitrogens is 1. The number of fused-ring (bicyclic) bond motifs is 1. The van der Waals surface area contributed by atoms with Gasteiger partial charge in [-0.15, -0.1) is 0 Å². The van der Waals surface area contributed by atoms with Gasteiger partial charge in [-0.1, -0.05) is 0 Å². The van der Waals surface area contributed by atoms with Crippen molar-refractivity contribution in [2.75, 3.05) is 0 Å². The van der Waals surface area contributed by atoms with Crippen LogP contribution in [0, 0.1) is 5.82 Å². The van der Waals surface area contributed by atoms with Gasteiger partial charge < -0.3 is 5.11 Å². The van der Waals surface area contributed by atoms with Crippen molar-refractivity contribution in [1.82, 2.24) is 10.2 Å². The minimum absolute atomic E-state index is 0.338. The fraction of sp³-hybridized carbons (Fsp3) is 0. The first-order valence-corrected chi connectivity index (χ1v) is 3.09. The molecule has 2 rings (SSSR count). The summed E-state index contributed by atoms with van der Waals surface area (Å²) in [4.78, 5) is 0. The van der Waals surface area contributed by atoms with E-state index in [-0.39, 0.29) is 5.75 Å². The third kappa shape index (κ3) is 0.756. The molecule has 0 bridgehead atoms. The minimum Gasteiger partial charge on any atom is -0.503 e. The van der Waals surface area contributed by atoms with Crippen molar-refractivity contribution >= 4 is 10.9 Å². The molecule has 0 spiro atoms. The highest BCUT2D eigenvalue weighted by atomic mass is 19.1. The van der Waals surface area contributed by atoms with Crippen molar-refractivity contribution < 1.29 is 9.50 Å². The van der Waals surface area contributed by atoms with Crippen molar-refractivity contribution in [1.29, 1.82) is 0 Å². The average Bonchev–Trinajstić information content (AvgIpc) is 2.45. The van der Waals surface area contributed by atoms with Crippen LogP contribution >= 0.6 is 0 Å². The number of nitrogens with one attached hydrogen (secondary N) is 1. The number of nitrogens with zero attached hydrogens (tertiary/aromatic N) is 1. The number of rotatable bonds is 0. The molecule has 11 heavy (non-hydrogen) atoms. The summed E-state index contributed by atoms with van der Waals surface area (Å²) in [6.45, 7) is 0. The molecule has 0 radical (unpaired) electrons. The highest BCUT2D eigenvalue weighted by Gasteiger charge is 2.05. The monoisotopic (exact) mass is 152 g/mol. The lowest BCUT2D eigenvalue weighted by atomic mass is 10.2. The Kier molecular flexibility index (Phi) is 1.09. The van der Waals surface area contributed by atoms with Crippen molar-refractivity contribution in [2.45, 2.75) is 0 Å². The third-order valence-electron chi connectivity index (χ3n) is 1.54. The van der Waals surface area contributed by atoms with Gasteiger partial charge in [-0.05, 0) is 12.1 Å². The first kappa shape index (κ1) is 6.15. The van der Waals surface area contributed by atoms with Gasteiger partial charge in [-0.3, -0.25) is 5.10 Å². The summed E-state index contributed by atoms with van der Waals surface area (Å²) in [7, 11) is 0. The predicted octanol–water partition coefficient (Wildman–Crippen LogP) is 1.41.